The summed E-state index contributed by atoms with van der Waals surface area (Å²) in [5, 5.41) is 5.61. The van der Waals surface area contributed by atoms with Crippen LogP contribution in [0.5, 0.6) is 0 Å². The molecule has 9 heteroatoms. The van der Waals surface area contributed by atoms with E-state index in [4.69, 9.17) is 24.4 Å². The minimum Gasteiger partial charge on any atom is -0.361 e. The van der Waals surface area contributed by atoms with E-state index in [1.54, 1.807) is 18.2 Å². The number of hydrogen-bond donors (Lipinski definition) is 5. The van der Waals surface area contributed by atoms with E-state index in [1.807, 2.05) is 0 Å². The van der Waals surface area contributed by atoms with Crippen molar-refractivity contribution in [1.29, 1.82) is 0 Å². The molecular formula is C12H11N5OS3. The monoisotopic (exact) mass is 337 g/mol. The van der Waals surface area contributed by atoms with Crippen molar-refractivity contribution in [2.75, 3.05) is 10.6 Å². The van der Waals surface area contributed by atoms with Crippen molar-refractivity contribution in [3.63, 3.8) is 0 Å². The van der Waals surface area contributed by atoms with Crippen LogP contribution in [0, 0.1) is 9.54 Å². The Morgan fingerprint density at radius 1 is 1.38 bits per heavy atom. The maximum atomic E-state index is 12.1. The number of rotatable bonds is 4. The highest BCUT2D eigenvalue weighted by Crippen LogP contribution is 2.24. The van der Waals surface area contributed by atoms with E-state index in [9.17, 15) is 4.79 Å². The third-order valence-electron chi connectivity index (χ3n) is 2.39. The maximum Gasteiger partial charge on any atom is 0.291 e. The Labute approximate surface area is 136 Å². The Bertz CT molecular complexity index is 783. The first-order valence-corrected chi connectivity index (χ1v) is 6.98. The second kappa shape index (κ2) is 6.66. The molecule has 6 nitrogen and oxygen atoms in total. The molecule has 0 radical (unpaired) electrons. The molecule has 0 unspecified atom stereocenters. The Balaban J connectivity index is 2.27. The van der Waals surface area contributed by atoms with Crippen LogP contribution in [0.15, 0.2) is 35.9 Å². The highest BCUT2D eigenvalue weighted by atomic mass is 32.1. The fraction of sp³-hybridized carbons (Fsp3) is 0. The number of carbonyl (C=O) groups is 1. The molecule has 0 spiro atoms. The van der Waals surface area contributed by atoms with Crippen LogP contribution in [0.25, 0.3) is 0 Å². The van der Waals surface area contributed by atoms with Crippen molar-refractivity contribution < 1.29 is 4.79 Å². The Morgan fingerprint density at radius 2 is 2.14 bits per heavy atom. The quantitative estimate of drug-likeness (QED) is 0.437. The van der Waals surface area contributed by atoms with Crippen LogP contribution in [-0.4, -0.2) is 20.9 Å². The lowest BCUT2D eigenvalue weighted by Crippen LogP contribution is -2.16. The third kappa shape index (κ3) is 4.00. The predicted molar refractivity (Wildman–Crippen MR) is 90.1 cm³/mol. The molecule has 0 fully saturated rings. The number of H-pyrrole nitrogens is 2. The molecular weight excluding hydrogens is 326 g/mol. The van der Waals surface area contributed by atoms with Gasteiger partial charge in [-0.15, -0.1) is 12.6 Å². The van der Waals surface area contributed by atoms with Gasteiger partial charge < -0.3 is 20.6 Å². The SMILES string of the molecule is C=CNc1cc(NC(=O)c2nc(=S)[nH]c(=S)[nH]2)ccc1S. The van der Waals surface area contributed by atoms with E-state index < -0.39 is 5.91 Å². The van der Waals surface area contributed by atoms with Crippen LogP contribution < -0.4 is 10.6 Å². The van der Waals surface area contributed by atoms with E-state index in [2.05, 4.69) is 44.8 Å². The minimum absolute atomic E-state index is 0.0388. The summed E-state index contributed by atoms with van der Waals surface area (Å²) in [5.41, 5.74) is 1.29. The van der Waals surface area contributed by atoms with Gasteiger partial charge in [0.1, 0.15) is 0 Å². The number of nitrogens with one attached hydrogen (secondary N) is 4. The van der Waals surface area contributed by atoms with Gasteiger partial charge in [0.05, 0.1) is 5.69 Å². The lowest BCUT2D eigenvalue weighted by molar-refractivity contribution is 0.101. The molecule has 4 N–H and O–H groups in total. The maximum absolute atomic E-state index is 12.1. The summed E-state index contributed by atoms with van der Waals surface area (Å²) in [6, 6.07) is 5.18. The number of aromatic amines is 2. The van der Waals surface area contributed by atoms with Gasteiger partial charge in [-0.1, -0.05) is 6.58 Å². The molecule has 1 heterocycles. The fourth-order valence-electron chi connectivity index (χ4n) is 1.53. The molecule has 0 bridgehead atoms. The van der Waals surface area contributed by atoms with E-state index in [0.717, 1.165) is 10.6 Å². The molecule has 2 rings (SSSR count). The molecule has 0 saturated carbocycles. The average molecular weight is 337 g/mol. The van der Waals surface area contributed by atoms with Crippen LogP contribution >= 0.6 is 37.1 Å². The van der Waals surface area contributed by atoms with Crippen molar-refractivity contribution >= 4 is 54.3 Å². The zero-order chi connectivity index (χ0) is 15.4. The van der Waals surface area contributed by atoms with Gasteiger partial charge in [0.15, 0.2) is 4.77 Å². The lowest BCUT2D eigenvalue weighted by atomic mass is 10.2. The average Bonchev–Trinajstić information content (AvgIpc) is 2.41. The molecule has 1 amide bonds. The molecule has 0 atom stereocenters. The van der Waals surface area contributed by atoms with Crippen LogP contribution in [0.3, 0.4) is 0 Å². The second-order valence-electron chi connectivity index (χ2n) is 3.88. The van der Waals surface area contributed by atoms with Crippen molar-refractivity contribution in [2.24, 2.45) is 0 Å². The summed E-state index contributed by atoms with van der Waals surface area (Å²) < 4.78 is 0.378. The number of anilines is 2. The van der Waals surface area contributed by atoms with Crippen molar-refractivity contribution in [3.8, 4) is 0 Å². The summed E-state index contributed by atoms with van der Waals surface area (Å²) in [6.45, 7) is 3.58. The number of hydrogen-bond acceptors (Lipinski definition) is 6. The number of amides is 1. The van der Waals surface area contributed by atoms with Gasteiger partial charge in [0.2, 0.25) is 10.6 Å². The summed E-state index contributed by atoms with van der Waals surface area (Å²) in [6.07, 6.45) is 1.52. The number of nitrogens with zero attached hydrogens (tertiary/aromatic N) is 1. The van der Waals surface area contributed by atoms with Crippen molar-refractivity contribution in [3.05, 3.63) is 46.3 Å². The Hall–Kier alpha value is -1.97. The van der Waals surface area contributed by atoms with Crippen LogP contribution in [-0.2, 0) is 0 Å². The van der Waals surface area contributed by atoms with Gasteiger partial charge in [0, 0.05) is 10.6 Å². The summed E-state index contributed by atoms with van der Waals surface area (Å²) in [4.78, 5) is 22.0. The zero-order valence-corrected chi connectivity index (χ0v) is 13.2. The Kier molecular flexibility index (Phi) is 4.89. The lowest BCUT2D eigenvalue weighted by Gasteiger charge is -2.09. The van der Waals surface area contributed by atoms with E-state index >= 15 is 0 Å². The topological polar surface area (TPSA) is 85.6 Å². The first kappa shape index (κ1) is 15.4. The van der Waals surface area contributed by atoms with E-state index in [-0.39, 0.29) is 15.4 Å². The van der Waals surface area contributed by atoms with Gasteiger partial charge >= 0.3 is 0 Å². The van der Waals surface area contributed by atoms with Crippen LogP contribution in [0.2, 0.25) is 0 Å². The van der Waals surface area contributed by atoms with Crippen molar-refractivity contribution in [2.45, 2.75) is 4.90 Å². The van der Waals surface area contributed by atoms with Crippen molar-refractivity contribution in [1.82, 2.24) is 15.0 Å². The summed E-state index contributed by atoms with van der Waals surface area (Å²) >= 11 is 14.1. The molecule has 108 valence electrons. The van der Waals surface area contributed by atoms with E-state index in [1.165, 1.54) is 6.20 Å². The number of benzene rings is 1. The van der Waals surface area contributed by atoms with Gasteiger partial charge in [-0.3, -0.25) is 4.79 Å². The second-order valence-corrected chi connectivity index (χ2v) is 5.16. The summed E-state index contributed by atoms with van der Waals surface area (Å²) in [5.74, 6) is -0.408. The minimum atomic E-state index is -0.447. The summed E-state index contributed by atoms with van der Waals surface area (Å²) in [7, 11) is 0. The molecule has 0 aliphatic carbocycles. The predicted octanol–water partition coefficient (Wildman–Crippen LogP) is 3.29. The largest absolute Gasteiger partial charge is 0.361 e. The molecule has 0 aliphatic heterocycles. The van der Waals surface area contributed by atoms with Gasteiger partial charge in [-0.05, 0) is 48.8 Å². The van der Waals surface area contributed by atoms with Crippen LogP contribution in [0.1, 0.15) is 10.6 Å². The van der Waals surface area contributed by atoms with Gasteiger partial charge in [0.25, 0.3) is 5.91 Å². The van der Waals surface area contributed by atoms with Gasteiger partial charge in [-0.25, -0.2) is 0 Å². The number of aromatic nitrogens is 3. The smallest absolute Gasteiger partial charge is 0.291 e. The Morgan fingerprint density at radius 3 is 2.81 bits per heavy atom. The number of thiol groups is 1. The first-order chi connectivity index (χ1) is 9.99. The molecule has 2 aromatic rings. The highest BCUT2D eigenvalue weighted by Gasteiger charge is 2.09. The van der Waals surface area contributed by atoms with Gasteiger partial charge in [-0.2, -0.15) is 4.98 Å². The normalized spacial score (nSPS) is 9.95. The fourth-order valence-corrected chi connectivity index (χ4v) is 2.19. The zero-order valence-electron chi connectivity index (χ0n) is 10.6. The molecule has 21 heavy (non-hydrogen) atoms. The highest BCUT2D eigenvalue weighted by molar-refractivity contribution is 7.80. The third-order valence-corrected chi connectivity index (χ3v) is 3.18. The standard InChI is InChI=1S/C12H11N5OS3/c1-2-13-7-5-6(3-4-8(7)19)14-10(18)9-15-11(20)17-12(21)16-9/h2-5,13,19H,1H2,(H,14,18)(H2,15,16,17,20,21). The first-order valence-electron chi connectivity index (χ1n) is 5.72. The number of carbonyl (C=O) groups excluding carboxylic acids is 1. The van der Waals surface area contributed by atoms with Crippen LogP contribution in [0.4, 0.5) is 11.4 Å². The molecule has 0 saturated heterocycles. The molecule has 0 aliphatic rings. The molecule has 1 aromatic heterocycles. The van der Waals surface area contributed by atoms with E-state index in [0.29, 0.717) is 5.69 Å². The molecule has 1 aromatic carbocycles.